The first-order valence-corrected chi connectivity index (χ1v) is 10.3. The van der Waals surface area contributed by atoms with Crippen LogP contribution in [0, 0.1) is 11.3 Å². The Labute approximate surface area is 170 Å². The van der Waals surface area contributed by atoms with Gasteiger partial charge >= 0.3 is 5.97 Å². The number of rotatable bonds is 5. The van der Waals surface area contributed by atoms with Gasteiger partial charge in [0.2, 0.25) is 0 Å². The second-order valence-corrected chi connectivity index (χ2v) is 7.66. The van der Waals surface area contributed by atoms with Gasteiger partial charge in [-0.05, 0) is 46.8 Å². The number of nitrogens with zero attached hydrogens (tertiary/aromatic N) is 2. The molecule has 136 valence electrons. The summed E-state index contributed by atoms with van der Waals surface area (Å²) in [7, 11) is 0. The zero-order chi connectivity index (χ0) is 19.3. The maximum Gasteiger partial charge on any atom is 0.317 e. The molecule has 0 atom stereocenters. The van der Waals surface area contributed by atoms with Crippen LogP contribution in [0.4, 0.5) is 0 Å². The quantitative estimate of drug-likeness (QED) is 0.324. The summed E-state index contributed by atoms with van der Waals surface area (Å²) < 4.78 is 5.43. The molecule has 4 rings (SSSR count). The van der Waals surface area contributed by atoms with Crippen molar-refractivity contribution in [2.75, 3.05) is 0 Å². The van der Waals surface area contributed by atoms with E-state index in [-0.39, 0.29) is 12.4 Å². The van der Waals surface area contributed by atoms with E-state index in [4.69, 9.17) is 10.00 Å². The molecule has 2 heterocycles. The highest BCUT2D eigenvalue weighted by atomic mass is 32.1. The van der Waals surface area contributed by atoms with Crippen LogP contribution in [0.3, 0.4) is 0 Å². The summed E-state index contributed by atoms with van der Waals surface area (Å²) in [6.07, 6.45) is 0.137. The minimum atomic E-state index is -0.340. The molecule has 2 aromatic carbocycles. The Morgan fingerprint density at radius 2 is 1.68 bits per heavy atom. The van der Waals surface area contributed by atoms with Crippen LogP contribution < -0.4 is 4.74 Å². The lowest BCUT2D eigenvalue weighted by atomic mass is 10.0. The molecule has 4 aromatic rings. The molecule has 0 unspecified atom stereocenters. The smallest absolute Gasteiger partial charge is 0.317 e. The minimum absolute atomic E-state index is 0.137. The number of hydrogen-bond acceptors (Lipinski definition) is 6. The molecular weight excluding hydrogens is 388 g/mol. The Morgan fingerprint density at radius 1 is 0.964 bits per heavy atom. The van der Waals surface area contributed by atoms with Gasteiger partial charge in [-0.1, -0.05) is 24.3 Å². The Morgan fingerprint density at radius 3 is 2.32 bits per heavy atom. The minimum Gasteiger partial charge on any atom is -0.426 e. The van der Waals surface area contributed by atoms with Gasteiger partial charge in [-0.3, -0.25) is 4.79 Å². The normalized spacial score (nSPS) is 10.4. The maximum atomic E-state index is 12.2. The van der Waals surface area contributed by atoms with Gasteiger partial charge in [-0.15, -0.1) is 11.3 Å². The van der Waals surface area contributed by atoms with E-state index in [2.05, 4.69) is 11.1 Å². The van der Waals surface area contributed by atoms with E-state index < -0.39 is 0 Å². The van der Waals surface area contributed by atoms with Crippen molar-refractivity contribution in [2.45, 2.75) is 6.42 Å². The number of carbonyl (C=O) groups is 1. The molecule has 0 N–H and O–H groups in total. The molecule has 0 aliphatic rings. The molecule has 0 radical (unpaired) electrons. The molecule has 0 saturated heterocycles. The van der Waals surface area contributed by atoms with E-state index in [0.717, 1.165) is 21.7 Å². The van der Waals surface area contributed by atoms with Crippen molar-refractivity contribution in [1.29, 1.82) is 5.26 Å². The fourth-order valence-electron chi connectivity index (χ4n) is 2.67. The second kappa shape index (κ2) is 8.17. The summed E-state index contributed by atoms with van der Waals surface area (Å²) >= 11 is 3.15. The average Bonchev–Trinajstić information content (AvgIpc) is 3.40. The first-order chi connectivity index (χ1) is 13.7. The number of hydrogen-bond donors (Lipinski definition) is 0. The van der Waals surface area contributed by atoms with Crippen molar-refractivity contribution in [2.24, 2.45) is 0 Å². The Balaban J connectivity index is 1.38. The molecule has 2 aromatic heterocycles. The standard InChI is InChI=1S/C22H14N2O2S2/c23-12-15-1-3-16(4-2-15)17-5-7-20(8-6-17)26-21(25)11-19-14-28-22(24-19)18-9-10-27-13-18/h1-10,13-14H,11H2. The number of aromatic nitrogens is 1. The van der Waals surface area contributed by atoms with Crippen LogP contribution in [0.5, 0.6) is 5.75 Å². The van der Waals surface area contributed by atoms with Gasteiger partial charge in [0.25, 0.3) is 0 Å². The number of thiophene rings is 1. The van der Waals surface area contributed by atoms with Gasteiger partial charge in [-0.2, -0.15) is 16.6 Å². The number of nitriles is 1. The molecule has 4 nitrogen and oxygen atoms in total. The molecule has 0 spiro atoms. The van der Waals surface area contributed by atoms with Crippen LogP contribution in [-0.2, 0) is 11.2 Å². The Hall–Kier alpha value is -3.27. The van der Waals surface area contributed by atoms with Crippen LogP contribution in [0.15, 0.2) is 70.7 Å². The van der Waals surface area contributed by atoms with Crippen molar-refractivity contribution >= 4 is 28.6 Å². The monoisotopic (exact) mass is 402 g/mol. The van der Waals surface area contributed by atoms with Crippen LogP contribution in [0.2, 0.25) is 0 Å². The largest absolute Gasteiger partial charge is 0.426 e. The fourth-order valence-corrected chi connectivity index (χ4v) is 4.21. The summed E-state index contributed by atoms with van der Waals surface area (Å²) in [6, 6.07) is 18.8. The average molecular weight is 402 g/mol. The van der Waals surface area contributed by atoms with E-state index in [1.807, 2.05) is 46.5 Å². The molecular formula is C22H14N2O2S2. The van der Waals surface area contributed by atoms with Crippen molar-refractivity contribution < 1.29 is 9.53 Å². The molecule has 6 heteroatoms. The van der Waals surface area contributed by atoms with E-state index in [0.29, 0.717) is 17.0 Å². The van der Waals surface area contributed by atoms with Crippen LogP contribution in [-0.4, -0.2) is 11.0 Å². The highest BCUT2D eigenvalue weighted by Gasteiger charge is 2.11. The zero-order valence-electron chi connectivity index (χ0n) is 14.7. The Kier molecular flexibility index (Phi) is 5.29. The van der Waals surface area contributed by atoms with Crippen LogP contribution >= 0.6 is 22.7 Å². The van der Waals surface area contributed by atoms with Crippen LogP contribution in [0.25, 0.3) is 21.7 Å². The van der Waals surface area contributed by atoms with Gasteiger partial charge in [0, 0.05) is 16.3 Å². The topological polar surface area (TPSA) is 63.0 Å². The van der Waals surface area contributed by atoms with E-state index in [1.165, 1.54) is 11.3 Å². The Bertz CT molecular complexity index is 1120. The van der Waals surface area contributed by atoms with Gasteiger partial charge in [0.15, 0.2) is 0 Å². The van der Waals surface area contributed by atoms with E-state index >= 15 is 0 Å². The molecule has 0 fully saturated rings. The van der Waals surface area contributed by atoms with Gasteiger partial charge < -0.3 is 4.74 Å². The number of benzene rings is 2. The van der Waals surface area contributed by atoms with Gasteiger partial charge in [-0.25, -0.2) is 4.98 Å². The third kappa shape index (κ3) is 4.17. The molecule has 28 heavy (non-hydrogen) atoms. The lowest BCUT2D eigenvalue weighted by molar-refractivity contribution is -0.133. The predicted octanol–water partition coefficient (Wildman–Crippen LogP) is 5.56. The van der Waals surface area contributed by atoms with Crippen molar-refractivity contribution in [1.82, 2.24) is 4.98 Å². The number of thiazole rings is 1. The van der Waals surface area contributed by atoms with Crippen LogP contribution in [0.1, 0.15) is 11.3 Å². The van der Waals surface area contributed by atoms with Crippen molar-refractivity contribution in [3.8, 4) is 33.5 Å². The SMILES string of the molecule is N#Cc1ccc(-c2ccc(OC(=O)Cc3csc(-c4ccsc4)n3)cc2)cc1. The number of carbonyl (C=O) groups excluding carboxylic acids is 1. The van der Waals surface area contributed by atoms with Gasteiger partial charge in [0.1, 0.15) is 10.8 Å². The van der Waals surface area contributed by atoms with E-state index in [9.17, 15) is 4.79 Å². The van der Waals surface area contributed by atoms with Crippen molar-refractivity contribution in [3.63, 3.8) is 0 Å². The second-order valence-electron chi connectivity index (χ2n) is 6.02. The highest BCUT2D eigenvalue weighted by Crippen LogP contribution is 2.26. The maximum absolute atomic E-state index is 12.2. The number of esters is 1. The van der Waals surface area contributed by atoms with Gasteiger partial charge in [0.05, 0.1) is 23.7 Å². The summed E-state index contributed by atoms with van der Waals surface area (Å²) in [5.41, 5.74) is 4.40. The van der Waals surface area contributed by atoms with E-state index in [1.54, 1.807) is 35.6 Å². The molecule has 0 bridgehead atoms. The lowest BCUT2D eigenvalue weighted by Crippen LogP contribution is -2.11. The summed E-state index contributed by atoms with van der Waals surface area (Å²) in [5.74, 6) is 0.156. The molecule has 0 aliphatic carbocycles. The fraction of sp³-hybridized carbons (Fsp3) is 0.0455. The van der Waals surface area contributed by atoms with Crippen molar-refractivity contribution in [3.05, 3.63) is 82.0 Å². The third-order valence-corrected chi connectivity index (χ3v) is 5.70. The summed E-state index contributed by atoms with van der Waals surface area (Å²) in [4.78, 5) is 16.7. The molecule has 0 amide bonds. The summed E-state index contributed by atoms with van der Waals surface area (Å²) in [5, 5.41) is 15.7. The lowest BCUT2D eigenvalue weighted by Gasteiger charge is -2.06. The molecule has 0 saturated carbocycles. The third-order valence-electron chi connectivity index (χ3n) is 4.08. The first kappa shape index (κ1) is 18.1. The number of ether oxygens (including phenoxy) is 1. The zero-order valence-corrected chi connectivity index (χ0v) is 16.3. The highest BCUT2D eigenvalue weighted by molar-refractivity contribution is 7.14. The first-order valence-electron chi connectivity index (χ1n) is 8.49. The predicted molar refractivity (Wildman–Crippen MR) is 111 cm³/mol. The molecule has 0 aliphatic heterocycles. The summed E-state index contributed by atoms with van der Waals surface area (Å²) in [6.45, 7) is 0.